The molecule has 6 heteroatoms. The van der Waals surface area contributed by atoms with Crippen molar-refractivity contribution in [3.63, 3.8) is 0 Å². The Balaban J connectivity index is 1.63. The van der Waals surface area contributed by atoms with Gasteiger partial charge in [0, 0.05) is 35.6 Å². The third-order valence-corrected chi connectivity index (χ3v) is 4.76. The molecule has 0 saturated heterocycles. The van der Waals surface area contributed by atoms with Crippen LogP contribution in [0, 0.1) is 0 Å². The summed E-state index contributed by atoms with van der Waals surface area (Å²) in [5.74, 6) is 0.427. The molecule has 1 N–H and O–H groups in total. The van der Waals surface area contributed by atoms with Crippen molar-refractivity contribution in [3.05, 3.63) is 41.0 Å². The normalized spacial score (nSPS) is 14.5. The van der Waals surface area contributed by atoms with Gasteiger partial charge in [-0.25, -0.2) is 0 Å². The van der Waals surface area contributed by atoms with Gasteiger partial charge in [-0.1, -0.05) is 17.4 Å². The molecule has 5 nitrogen and oxygen atoms in total. The van der Waals surface area contributed by atoms with E-state index in [4.69, 9.17) is 0 Å². The van der Waals surface area contributed by atoms with Crippen LogP contribution < -0.4 is 5.32 Å². The highest BCUT2D eigenvalue weighted by molar-refractivity contribution is 7.15. The lowest BCUT2D eigenvalue weighted by Crippen LogP contribution is -2.12. The number of nitrogens with one attached hydrogen (secondary N) is 1. The summed E-state index contributed by atoms with van der Waals surface area (Å²) in [5, 5.41) is 13.6. The van der Waals surface area contributed by atoms with E-state index in [9.17, 15) is 4.79 Å². The first-order chi connectivity index (χ1) is 10.2. The zero-order valence-corrected chi connectivity index (χ0v) is 12.4. The fourth-order valence-electron chi connectivity index (χ4n) is 2.45. The van der Waals surface area contributed by atoms with E-state index in [1.165, 1.54) is 24.2 Å². The van der Waals surface area contributed by atoms with E-state index in [1.54, 1.807) is 0 Å². The van der Waals surface area contributed by atoms with E-state index >= 15 is 0 Å². The first-order valence-electron chi connectivity index (χ1n) is 6.91. The second-order valence-electron chi connectivity index (χ2n) is 5.34. The summed E-state index contributed by atoms with van der Waals surface area (Å²) in [4.78, 5) is 12.5. The number of anilines is 1. The fourth-order valence-corrected chi connectivity index (χ4v) is 3.35. The van der Waals surface area contributed by atoms with Crippen LogP contribution in [0.5, 0.6) is 0 Å². The SMILES string of the molecule is Cn1ccc2c(C(=O)Nc3nnc(C4CC4)s3)cccc21. The third-order valence-electron chi connectivity index (χ3n) is 3.76. The molecule has 2 heterocycles. The monoisotopic (exact) mass is 298 g/mol. The lowest BCUT2D eigenvalue weighted by Gasteiger charge is -2.03. The maximum atomic E-state index is 12.5. The number of nitrogens with zero attached hydrogens (tertiary/aromatic N) is 3. The molecule has 0 atom stereocenters. The largest absolute Gasteiger partial charge is 0.351 e. The number of amides is 1. The summed E-state index contributed by atoms with van der Waals surface area (Å²) >= 11 is 1.48. The van der Waals surface area contributed by atoms with Gasteiger partial charge in [0.25, 0.3) is 5.91 Å². The number of aromatic nitrogens is 3. The summed E-state index contributed by atoms with van der Waals surface area (Å²) in [7, 11) is 1.97. The predicted molar refractivity (Wildman–Crippen MR) is 82.8 cm³/mol. The maximum absolute atomic E-state index is 12.5. The molecule has 1 aliphatic carbocycles. The van der Waals surface area contributed by atoms with Crippen molar-refractivity contribution < 1.29 is 4.79 Å². The molecule has 1 aromatic carbocycles. The molecule has 21 heavy (non-hydrogen) atoms. The molecule has 1 saturated carbocycles. The summed E-state index contributed by atoms with van der Waals surface area (Å²) in [5.41, 5.74) is 1.70. The number of hydrogen-bond donors (Lipinski definition) is 1. The average molecular weight is 298 g/mol. The minimum Gasteiger partial charge on any atom is -0.351 e. The standard InChI is InChI=1S/C15H14N4OS/c1-19-8-7-10-11(3-2-4-12(10)19)13(20)16-15-18-17-14(21-15)9-5-6-9/h2-4,7-9H,5-6H2,1H3,(H,16,18,20). The third kappa shape index (κ3) is 2.21. The van der Waals surface area contributed by atoms with Gasteiger partial charge in [0.1, 0.15) is 5.01 Å². The Morgan fingerprint density at radius 2 is 2.19 bits per heavy atom. The van der Waals surface area contributed by atoms with Crippen LogP contribution in [0.25, 0.3) is 10.9 Å². The summed E-state index contributed by atoms with van der Waals surface area (Å²) < 4.78 is 2.00. The van der Waals surface area contributed by atoms with E-state index in [2.05, 4.69) is 15.5 Å². The molecule has 1 aliphatic rings. The first-order valence-corrected chi connectivity index (χ1v) is 7.73. The van der Waals surface area contributed by atoms with Crippen molar-refractivity contribution in [2.45, 2.75) is 18.8 Å². The van der Waals surface area contributed by atoms with Crippen LogP contribution in [0.15, 0.2) is 30.5 Å². The first kappa shape index (κ1) is 12.5. The number of carbonyl (C=O) groups excluding carboxylic acids is 1. The van der Waals surface area contributed by atoms with Crippen molar-refractivity contribution in [1.29, 1.82) is 0 Å². The highest BCUT2D eigenvalue weighted by Gasteiger charge is 2.27. The number of rotatable bonds is 3. The molecule has 0 aliphatic heterocycles. The zero-order valence-electron chi connectivity index (χ0n) is 11.5. The van der Waals surface area contributed by atoms with Crippen molar-refractivity contribution in [3.8, 4) is 0 Å². The molecule has 4 rings (SSSR count). The Hall–Kier alpha value is -2.21. The van der Waals surface area contributed by atoms with Gasteiger partial charge in [-0.05, 0) is 31.0 Å². The summed E-state index contributed by atoms with van der Waals surface area (Å²) in [6.45, 7) is 0. The maximum Gasteiger partial charge on any atom is 0.258 e. The minimum atomic E-state index is -0.134. The number of fused-ring (bicyclic) bond motifs is 1. The molecular weight excluding hydrogens is 284 g/mol. The quantitative estimate of drug-likeness (QED) is 0.808. The van der Waals surface area contributed by atoms with E-state index in [-0.39, 0.29) is 5.91 Å². The van der Waals surface area contributed by atoms with Gasteiger partial charge in [0.2, 0.25) is 5.13 Å². The molecule has 106 valence electrons. The Morgan fingerprint density at radius 1 is 1.33 bits per heavy atom. The molecule has 0 bridgehead atoms. The van der Waals surface area contributed by atoms with Gasteiger partial charge >= 0.3 is 0 Å². The molecule has 1 fully saturated rings. The Kier molecular flexibility index (Phi) is 2.78. The summed E-state index contributed by atoms with van der Waals surface area (Å²) in [6.07, 6.45) is 4.33. The predicted octanol–water partition coefficient (Wildman–Crippen LogP) is 3.16. The van der Waals surface area contributed by atoms with Crippen molar-refractivity contribution >= 4 is 33.3 Å². The van der Waals surface area contributed by atoms with Crippen LogP contribution in [0.2, 0.25) is 0 Å². The van der Waals surface area contributed by atoms with Crippen molar-refractivity contribution in [2.24, 2.45) is 7.05 Å². The molecule has 1 amide bonds. The van der Waals surface area contributed by atoms with Gasteiger partial charge in [-0.2, -0.15) is 0 Å². The second-order valence-corrected chi connectivity index (χ2v) is 6.35. The summed E-state index contributed by atoms with van der Waals surface area (Å²) in [6, 6.07) is 7.69. The van der Waals surface area contributed by atoms with Gasteiger partial charge in [0.15, 0.2) is 0 Å². The lowest BCUT2D eigenvalue weighted by molar-refractivity contribution is 0.102. The van der Waals surface area contributed by atoms with Crippen molar-refractivity contribution in [2.75, 3.05) is 5.32 Å². The molecular formula is C15H14N4OS. The number of carbonyl (C=O) groups is 1. The van der Waals surface area contributed by atoms with E-state index in [0.29, 0.717) is 16.6 Å². The molecule has 0 radical (unpaired) electrons. The number of aryl methyl sites for hydroxylation is 1. The topological polar surface area (TPSA) is 59.8 Å². The molecule has 0 spiro atoms. The smallest absolute Gasteiger partial charge is 0.258 e. The minimum absolute atomic E-state index is 0.134. The number of hydrogen-bond acceptors (Lipinski definition) is 4. The van der Waals surface area contributed by atoms with Crippen LogP contribution in [0.1, 0.15) is 34.1 Å². The highest BCUT2D eigenvalue weighted by Crippen LogP contribution is 2.42. The van der Waals surface area contributed by atoms with E-state index in [1.807, 2.05) is 42.1 Å². The Morgan fingerprint density at radius 3 is 3.00 bits per heavy atom. The van der Waals surface area contributed by atoms with Crippen LogP contribution in [0.4, 0.5) is 5.13 Å². The number of benzene rings is 1. The second kappa shape index (κ2) is 4.66. The van der Waals surface area contributed by atoms with Crippen LogP contribution in [-0.4, -0.2) is 20.7 Å². The molecule has 0 unspecified atom stereocenters. The van der Waals surface area contributed by atoms with Crippen molar-refractivity contribution in [1.82, 2.24) is 14.8 Å². The molecule has 3 aromatic rings. The van der Waals surface area contributed by atoms with E-state index < -0.39 is 0 Å². The van der Waals surface area contributed by atoms with Gasteiger partial charge in [-0.15, -0.1) is 10.2 Å². The highest BCUT2D eigenvalue weighted by atomic mass is 32.1. The van der Waals surface area contributed by atoms with Gasteiger partial charge in [-0.3, -0.25) is 10.1 Å². The Labute approximate surface area is 125 Å². The molecule has 2 aromatic heterocycles. The average Bonchev–Trinajstić information content (AvgIpc) is 3.13. The van der Waals surface area contributed by atoms with Crippen LogP contribution in [-0.2, 0) is 7.05 Å². The van der Waals surface area contributed by atoms with Crippen LogP contribution >= 0.6 is 11.3 Å². The van der Waals surface area contributed by atoms with E-state index in [0.717, 1.165) is 15.9 Å². The Bertz CT molecular complexity index is 831. The van der Waals surface area contributed by atoms with Gasteiger partial charge < -0.3 is 4.57 Å². The zero-order chi connectivity index (χ0) is 14.4. The van der Waals surface area contributed by atoms with Gasteiger partial charge in [0.05, 0.1) is 0 Å². The lowest BCUT2D eigenvalue weighted by atomic mass is 10.1. The van der Waals surface area contributed by atoms with Crippen LogP contribution in [0.3, 0.4) is 0 Å². The fraction of sp³-hybridized carbons (Fsp3) is 0.267.